The highest BCUT2D eigenvalue weighted by Gasteiger charge is 2.11. The zero-order chi connectivity index (χ0) is 16.4. The van der Waals surface area contributed by atoms with Crippen molar-refractivity contribution in [3.05, 3.63) is 46.2 Å². The van der Waals surface area contributed by atoms with E-state index in [0.29, 0.717) is 13.2 Å². The lowest BCUT2D eigenvalue weighted by Crippen LogP contribution is -2.17. The maximum absolute atomic E-state index is 11.9. The predicted molar refractivity (Wildman–Crippen MR) is 79.9 cm³/mol. The summed E-state index contributed by atoms with van der Waals surface area (Å²) in [4.78, 5) is 22.0. The van der Waals surface area contributed by atoms with E-state index >= 15 is 0 Å². The fourth-order valence-corrected chi connectivity index (χ4v) is 1.54. The molecule has 22 heavy (non-hydrogen) atoms. The highest BCUT2D eigenvalue weighted by atomic mass is 16.6. The van der Waals surface area contributed by atoms with Crippen LogP contribution < -0.4 is 10.6 Å². The van der Waals surface area contributed by atoms with Gasteiger partial charge >= 0.3 is 0 Å². The van der Waals surface area contributed by atoms with Gasteiger partial charge in [-0.3, -0.25) is 14.9 Å². The number of rotatable bonds is 8. The average Bonchev–Trinajstić information content (AvgIpc) is 2.51. The highest BCUT2D eigenvalue weighted by Crippen LogP contribution is 2.17. The second-order valence-electron chi connectivity index (χ2n) is 4.23. The van der Waals surface area contributed by atoms with E-state index in [1.807, 2.05) is 0 Å². The van der Waals surface area contributed by atoms with Crippen LogP contribution in [0.1, 0.15) is 6.42 Å². The number of benzene rings is 1. The fraction of sp³-hybridized carbons (Fsp3) is 0.286. The van der Waals surface area contributed by atoms with Crippen LogP contribution in [0.2, 0.25) is 0 Å². The van der Waals surface area contributed by atoms with E-state index in [-0.39, 0.29) is 16.9 Å². The molecule has 0 heterocycles. The van der Waals surface area contributed by atoms with Crippen LogP contribution in [-0.4, -0.2) is 31.1 Å². The molecule has 0 saturated heterocycles. The minimum atomic E-state index is -0.637. The van der Waals surface area contributed by atoms with Crippen LogP contribution in [0.5, 0.6) is 0 Å². The number of hydrogen-bond acceptors (Lipinski definition) is 6. The van der Waals surface area contributed by atoms with Crippen molar-refractivity contribution < 1.29 is 14.5 Å². The summed E-state index contributed by atoms with van der Waals surface area (Å²) in [5.41, 5.74) is -0.0124. The Morgan fingerprint density at radius 2 is 2.32 bits per heavy atom. The molecule has 1 aromatic carbocycles. The SMILES string of the molecule is COCCCN/C=C(/C#N)C(=O)Nc1cccc([N+](=O)[O-])c1. The molecule has 8 heteroatoms. The Balaban J connectivity index is 2.65. The molecule has 8 nitrogen and oxygen atoms in total. The number of carbonyl (C=O) groups excluding carboxylic acids is 1. The number of nitrogens with one attached hydrogen (secondary N) is 2. The van der Waals surface area contributed by atoms with Crippen LogP contribution in [0.25, 0.3) is 0 Å². The minimum absolute atomic E-state index is 0.121. The minimum Gasteiger partial charge on any atom is -0.390 e. The van der Waals surface area contributed by atoms with Gasteiger partial charge in [-0.15, -0.1) is 0 Å². The topological polar surface area (TPSA) is 117 Å². The van der Waals surface area contributed by atoms with Crippen molar-refractivity contribution in [2.75, 3.05) is 25.6 Å². The van der Waals surface area contributed by atoms with Crippen LogP contribution in [-0.2, 0) is 9.53 Å². The Morgan fingerprint density at radius 1 is 1.55 bits per heavy atom. The van der Waals surface area contributed by atoms with Crippen LogP contribution in [0.4, 0.5) is 11.4 Å². The maximum atomic E-state index is 11.9. The summed E-state index contributed by atoms with van der Waals surface area (Å²) in [6, 6.07) is 7.26. The van der Waals surface area contributed by atoms with Crippen molar-refractivity contribution in [2.45, 2.75) is 6.42 Å². The van der Waals surface area contributed by atoms with E-state index in [0.717, 1.165) is 6.42 Å². The van der Waals surface area contributed by atoms with Gasteiger partial charge in [-0.1, -0.05) is 6.07 Å². The molecule has 116 valence electrons. The van der Waals surface area contributed by atoms with Crippen LogP contribution in [0.15, 0.2) is 36.0 Å². The van der Waals surface area contributed by atoms with Gasteiger partial charge in [0.2, 0.25) is 0 Å². The van der Waals surface area contributed by atoms with Gasteiger partial charge in [-0.25, -0.2) is 0 Å². The molecule has 1 aromatic rings. The van der Waals surface area contributed by atoms with Crippen molar-refractivity contribution in [2.24, 2.45) is 0 Å². The van der Waals surface area contributed by atoms with Crippen LogP contribution in [0.3, 0.4) is 0 Å². The molecule has 1 amide bonds. The van der Waals surface area contributed by atoms with Crippen molar-refractivity contribution in [3.63, 3.8) is 0 Å². The number of nitro benzene ring substituents is 1. The average molecular weight is 304 g/mol. The summed E-state index contributed by atoms with van der Waals surface area (Å²) < 4.78 is 4.87. The first-order chi connectivity index (χ1) is 10.6. The van der Waals surface area contributed by atoms with E-state index in [2.05, 4.69) is 10.6 Å². The van der Waals surface area contributed by atoms with Crippen molar-refractivity contribution >= 4 is 17.3 Å². The number of hydrogen-bond donors (Lipinski definition) is 2. The molecular formula is C14H16N4O4. The Morgan fingerprint density at radius 3 is 2.95 bits per heavy atom. The van der Waals surface area contributed by atoms with Gasteiger partial charge in [0, 0.05) is 44.3 Å². The van der Waals surface area contributed by atoms with Gasteiger partial charge < -0.3 is 15.4 Å². The lowest BCUT2D eigenvalue weighted by Gasteiger charge is -2.05. The predicted octanol–water partition coefficient (Wildman–Crippen LogP) is 1.57. The van der Waals surface area contributed by atoms with Gasteiger partial charge in [0.05, 0.1) is 4.92 Å². The number of ether oxygens (including phenoxy) is 1. The fourth-order valence-electron chi connectivity index (χ4n) is 1.54. The van der Waals surface area contributed by atoms with Gasteiger partial charge in [-0.2, -0.15) is 5.26 Å². The number of methoxy groups -OCH3 is 1. The number of amides is 1. The quantitative estimate of drug-likeness (QED) is 0.247. The van der Waals surface area contributed by atoms with Gasteiger partial charge in [0.1, 0.15) is 11.6 Å². The van der Waals surface area contributed by atoms with E-state index in [1.54, 1.807) is 13.2 Å². The molecule has 0 radical (unpaired) electrons. The van der Waals surface area contributed by atoms with E-state index < -0.39 is 10.8 Å². The first-order valence-corrected chi connectivity index (χ1v) is 6.47. The zero-order valence-electron chi connectivity index (χ0n) is 12.0. The summed E-state index contributed by atoms with van der Waals surface area (Å²) >= 11 is 0. The summed E-state index contributed by atoms with van der Waals surface area (Å²) in [6.07, 6.45) is 2.04. The molecule has 1 rings (SSSR count). The maximum Gasteiger partial charge on any atom is 0.271 e. The number of anilines is 1. The number of nitro groups is 1. The molecule has 0 atom stereocenters. The Kier molecular flexibility index (Phi) is 7.08. The Hall–Kier alpha value is -2.92. The molecule has 0 saturated carbocycles. The smallest absolute Gasteiger partial charge is 0.271 e. The second-order valence-corrected chi connectivity index (χ2v) is 4.23. The molecule has 0 aliphatic heterocycles. The third kappa shape index (κ3) is 5.60. The molecular weight excluding hydrogens is 288 g/mol. The lowest BCUT2D eigenvalue weighted by molar-refractivity contribution is -0.384. The molecule has 0 fully saturated rings. The monoisotopic (exact) mass is 304 g/mol. The number of carbonyl (C=O) groups is 1. The van der Waals surface area contributed by atoms with Crippen molar-refractivity contribution in [3.8, 4) is 6.07 Å². The first-order valence-electron chi connectivity index (χ1n) is 6.47. The summed E-state index contributed by atoms with van der Waals surface area (Å²) in [6.45, 7) is 1.13. The van der Waals surface area contributed by atoms with E-state index in [4.69, 9.17) is 10.00 Å². The number of nitriles is 1. The first kappa shape index (κ1) is 17.1. The van der Waals surface area contributed by atoms with E-state index in [9.17, 15) is 14.9 Å². The third-order valence-electron chi connectivity index (χ3n) is 2.60. The molecule has 0 aliphatic rings. The normalized spacial score (nSPS) is 10.6. The van der Waals surface area contributed by atoms with Crippen LogP contribution >= 0.6 is 0 Å². The van der Waals surface area contributed by atoms with Crippen molar-refractivity contribution in [1.82, 2.24) is 5.32 Å². The summed E-state index contributed by atoms with van der Waals surface area (Å²) in [5.74, 6) is -0.637. The number of non-ortho nitro benzene ring substituents is 1. The molecule has 0 bridgehead atoms. The standard InChI is InChI=1S/C14H16N4O4/c1-22-7-3-6-16-10-11(9-15)14(19)17-12-4-2-5-13(8-12)18(20)21/h2,4-5,8,10,16H,3,6-7H2,1H3,(H,17,19)/b11-10-. The summed E-state index contributed by atoms with van der Waals surface area (Å²) in [7, 11) is 1.59. The summed E-state index contributed by atoms with van der Waals surface area (Å²) in [5, 5.41) is 24.9. The molecule has 0 spiro atoms. The molecule has 0 aromatic heterocycles. The zero-order valence-corrected chi connectivity index (χ0v) is 12.0. The lowest BCUT2D eigenvalue weighted by atomic mass is 10.2. The Labute approximate surface area is 127 Å². The highest BCUT2D eigenvalue weighted by molar-refractivity contribution is 6.06. The Bertz CT molecular complexity index is 607. The largest absolute Gasteiger partial charge is 0.390 e. The van der Waals surface area contributed by atoms with Gasteiger partial charge in [-0.05, 0) is 12.5 Å². The molecule has 2 N–H and O–H groups in total. The van der Waals surface area contributed by atoms with Gasteiger partial charge in [0.25, 0.3) is 11.6 Å². The van der Waals surface area contributed by atoms with E-state index in [1.165, 1.54) is 30.5 Å². The van der Waals surface area contributed by atoms with Gasteiger partial charge in [0.15, 0.2) is 0 Å². The third-order valence-corrected chi connectivity index (χ3v) is 2.60. The molecule has 0 unspecified atom stereocenters. The van der Waals surface area contributed by atoms with Crippen LogP contribution in [0, 0.1) is 21.4 Å². The van der Waals surface area contributed by atoms with Crippen molar-refractivity contribution in [1.29, 1.82) is 5.26 Å². The number of nitrogens with zero attached hydrogens (tertiary/aromatic N) is 2. The second kappa shape index (κ2) is 9.10. The molecule has 0 aliphatic carbocycles.